The molecule has 3 atom stereocenters. The molecule has 0 bridgehead atoms. The second-order valence-corrected chi connectivity index (χ2v) is 14.3. The lowest BCUT2D eigenvalue weighted by Gasteiger charge is -2.29. The van der Waals surface area contributed by atoms with Crippen LogP contribution in [0, 0.1) is 0 Å². The molecule has 0 saturated heterocycles. The maximum Gasteiger partial charge on any atom is 0.268 e. The van der Waals surface area contributed by atoms with Crippen molar-refractivity contribution in [1.29, 1.82) is 0 Å². The first-order chi connectivity index (χ1) is 21.0. The normalized spacial score (nSPS) is 15.3. The van der Waals surface area contributed by atoms with E-state index in [0.29, 0.717) is 17.4 Å². The number of unbranched alkanes of at least 4 members (excludes halogenated alkanes) is 13. The third kappa shape index (κ3) is 29.4. The summed E-state index contributed by atoms with van der Waals surface area (Å²) >= 11 is 0. The van der Waals surface area contributed by atoms with Gasteiger partial charge >= 0.3 is 0 Å². The topological polar surface area (TPSA) is 108 Å². The van der Waals surface area contributed by atoms with E-state index in [9.17, 15) is 19.4 Å². The number of amides is 1. The first-order valence-electron chi connectivity index (χ1n) is 17.4. The monoisotopic (exact) mass is 642 g/mol. The lowest BCUT2D eigenvalue weighted by atomic mass is 10.1. The van der Waals surface area contributed by atoms with Gasteiger partial charge in [0.05, 0.1) is 39.9 Å². The van der Waals surface area contributed by atoms with Crippen LogP contribution in [-0.4, -0.2) is 68.5 Å². The highest BCUT2D eigenvalue weighted by molar-refractivity contribution is 7.45. The molecule has 9 heteroatoms. The fraction of sp³-hybridized carbons (Fsp3) is 0.800. The number of carbonyl (C=O) groups is 1. The average Bonchev–Trinajstić information content (AvgIpc) is 2.95. The van der Waals surface area contributed by atoms with E-state index in [1.54, 1.807) is 6.08 Å². The molecule has 0 heterocycles. The molecule has 0 aliphatic rings. The van der Waals surface area contributed by atoms with Gasteiger partial charge < -0.3 is 28.8 Å². The summed E-state index contributed by atoms with van der Waals surface area (Å²) in [4.78, 5) is 25.0. The van der Waals surface area contributed by atoms with Crippen molar-refractivity contribution in [2.24, 2.45) is 0 Å². The number of aliphatic hydroxyl groups is 1. The van der Waals surface area contributed by atoms with E-state index in [2.05, 4.69) is 43.5 Å². The van der Waals surface area contributed by atoms with E-state index in [1.165, 1.54) is 38.5 Å². The van der Waals surface area contributed by atoms with Crippen molar-refractivity contribution in [2.45, 2.75) is 142 Å². The Balaban J connectivity index is 4.61. The van der Waals surface area contributed by atoms with Crippen LogP contribution in [0.1, 0.15) is 129 Å². The Hall–Kier alpha value is -1.28. The first kappa shape index (κ1) is 42.7. The summed E-state index contributed by atoms with van der Waals surface area (Å²) in [6.07, 6.45) is 30.4. The molecule has 44 heavy (non-hydrogen) atoms. The summed E-state index contributed by atoms with van der Waals surface area (Å²) in [5.74, 6) is -0.219. The number of hydrogen-bond donors (Lipinski definition) is 2. The van der Waals surface area contributed by atoms with Gasteiger partial charge in [0.1, 0.15) is 13.2 Å². The molecule has 0 saturated carbocycles. The van der Waals surface area contributed by atoms with E-state index in [4.69, 9.17) is 9.05 Å². The van der Waals surface area contributed by atoms with Gasteiger partial charge in [-0.25, -0.2) is 0 Å². The Kier molecular flexibility index (Phi) is 27.2. The number of carbonyl (C=O) groups excluding carboxylic acids is 1. The number of nitrogens with zero attached hydrogens (tertiary/aromatic N) is 1. The molecule has 0 aromatic carbocycles. The highest BCUT2D eigenvalue weighted by atomic mass is 31.2. The molecular formula is C35H67N2O6P. The minimum atomic E-state index is -4.57. The van der Waals surface area contributed by atoms with Crippen molar-refractivity contribution in [3.05, 3.63) is 36.5 Å². The second-order valence-electron chi connectivity index (χ2n) is 12.9. The standard InChI is InChI=1S/C35H67N2O6P/c1-6-8-10-12-14-16-17-18-19-21-23-25-27-29-35(39)36-33(32-43-44(40,41)42-31-30-37(3,4)5)34(38)28-26-24-22-20-15-13-11-9-7-2/h10,12,16-17,26,28,33-34,38H,6-9,11,13-15,18-25,27,29-32H2,1-5H3,(H-,36,39,40,41)/b12-10-,17-16-,28-26+. The molecule has 0 aliphatic carbocycles. The molecule has 0 radical (unpaired) electrons. The molecule has 258 valence electrons. The van der Waals surface area contributed by atoms with E-state index in [1.807, 2.05) is 27.2 Å². The van der Waals surface area contributed by atoms with Crippen molar-refractivity contribution in [2.75, 3.05) is 40.9 Å². The van der Waals surface area contributed by atoms with Crippen molar-refractivity contribution >= 4 is 13.7 Å². The number of allylic oxidation sites excluding steroid dienone is 5. The zero-order valence-electron chi connectivity index (χ0n) is 28.9. The van der Waals surface area contributed by atoms with Crippen LogP contribution in [0.15, 0.2) is 36.5 Å². The summed E-state index contributed by atoms with van der Waals surface area (Å²) in [7, 11) is 1.24. The van der Waals surface area contributed by atoms with Crippen molar-refractivity contribution < 1.29 is 32.9 Å². The SMILES string of the molecule is CCC/C=C\C/C=C\CCCCCCCC(=O)NC(COP(=O)([O-])OCC[N+](C)(C)C)C(O)/C=C/CCCCCCCCC. The summed E-state index contributed by atoms with van der Waals surface area (Å²) in [6.45, 7) is 4.49. The van der Waals surface area contributed by atoms with E-state index >= 15 is 0 Å². The van der Waals surface area contributed by atoms with Crippen LogP contribution in [0.2, 0.25) is 0 Å². The Bertz CT molecular complexity index is 825. The predicted octanol–water partition coefficient (Wildman–Crippen LogP) is 7.77. The van der Waals surface area contributed by atoms with Gasteiger partial charge in [-0.2, -0.15) is 0 Å². The van der Waals surface area contributed by atoms with Gasteiger partial charge in [0.25, 0.3) is 7.82 Å². The van der Waals surface area contributed by atoms with Crippen LogP contribution in [0.25, 0.3) is 0 Å². The van der Waals surface area contributed by atoms with Gasteiger partial charge in [-0.3, -0.25) is 9.36 Å². The molecule has 0 fully saturated rings. The van der Waals surface area contributed by atoms with Gasteiger partial charge in [0.2, 0.25) is 5.91 Å². The number of phosphoric ester groups is 1. The minimum absolute atomic E-state index is 0.00508. The fourth-order valence-corrected chi connectivity index (χ4v) is 5.20. The van der Waals surface area contributed by atoms with Gasteiger partial charge in [-0.15, -0.1) is 0 Å². The summed E-state index contributed by atoms with van der Waals surface area (Å²) < 4.78 is 23.0. The molecule has 2 N–H and O–H groups in total. The van der Waals surface area contributed by atoms with E-state index in [0.717, 1.165) is 70.6 Å². The van der Waals surface area contributed by atoms with Crippen LogP contribution < -0.4 is 10.2 Å². The number of phosphoric acid groups is 1. The molecule has 0 aliphatic heterocycles. The zero-order valence-corrected chi connectivity index (χ0v) is 29.7. The smallest absolute Gasteiger partial charge is 0.268 e. The molecule has 1 amide bonds. The number of hydrogen-bond acceptors (Lipinski definition) is 6. The highest BCUT2D eigenvalue weighted by Gasteiger charge is 2.23. The number of rotatable bonds is 30. The number of likely N-dealkylation sites (N-methyl/N-ethyl adjacent to an activating group) is 1. The number of aliphatic hydroxyl groups excluding tert-OH is 1. The Morgan fingerprint density at radius 1 is 0.795 bits per heavy atom. The third-order valence-corrected chi connectivity index (χ3v) is 8.29. The molecule has 0 aromatic heterocycles. The number of quaternary nitrogens is 1. The number of nitrogens with one attached hydrogen (secondary N) is 1. The maximum absolute atomic E-state index is 12.7. The van der Waals surface area contributed by atoms with Crippen molar-refractivity contribution in [3.63, 3.8) is 0 Å². The third-order valence-electron chi connectivity index (χ3n) is 7.33. The summed E-state index contributed by atoms with van der Waals surface area (Å²) in [5.41, 5.74) is 0. The lowest BCUT2D eigenvalue weighted by molar-refractivity contribution is -0.870. The van der Waals surface area contributed by atoms with Gasteiger partial charge in [-0.05, 0) is 44.9 Å². The fourth-order valence-electron chi connectivity index (χ4n) is 4.48. The summed E-state index contributed by atoms with van der Waals surface area (Å²) in [6, 6.07) is -0.888. The minimum Gasteiger partial charge on any atom is -0.756 e. The first-order valence-corrected chi connectivity index (χ1v) is 18.8. The highest BCUT2D eigenvalue weighted by Crippen LogP contribution is 2.38. The van der Waals surface area contributed by atoms with Crippen LogP contribution >= 0.6 is 7.82 Å². The maximum atomic E-state index is 12.7. The molecule has 0 rings (SSSR count). The zero-order chi connectivity index (χ0) is 32.9. The predicted molar refractivity (Wildman–Crippen MR) is 182 cm³/mol. The molecular weight excluding hydrogens is 575 g/mol. The Morgan fingerprint density at radius 3 is 1.98 bits per heavy atom. The van der Waals surface area contributed by atoms with Crippen LogP contribution in [0.5, 0.6) is 0 Å². The van der Waals surface area contributed by atoms with E-state index in [-0.39, 0.29) is 19.1 Å². The largest absolute Gasteiger partial charge is 0.756 e. The van der Waals surface area contributed by atoms with Crippen LogP contribution in [-0.2, 0) is 18.4 Å². The molecule has 0 spiro atoms. The van der Waals surface area contributed by atoms with E-state index < -0.39 is 20.0 Å². The van der Waals surface area contributed by atoms with Crippen molar-refractivity contribution in [1.82, 2.24) is 5.32 Å². The quantitative estimate of drug-likeness (QED) is 0.0359. The molecule has 0 aromatic rings. The van der Waals surface area contributed by atoms with Gasteiger partial charge in [-0.1, -0.05) is 115 Å². The Labute approximate surface area is 270 Å². The van der Waals surface area contributed by atoms with Crippen LogP contribution in [0.4, 0.5) is 0 Å². The Morgan fingerprint density at radius 2 is 1.36 bits per heavy atom. The van der Waals surface area contributed by atoms with Gasteiger partial charge in [0.15, 0.2) is 0 Å². The summed E-state index contributed by atoms with van der Waals surface area (Å²) in [5, 5.41) is 13.6. The van der Waals surface area contributed by atoms with Crippen molar-refractivity contribution in [3.8, 4) is 0 Å². The lowest BCUT2D eigenvalue weighted by Crippen LogP contribution is -2.45. The second kappa shape index (κ2) is 28.0. The molecule has 8 nitrogen and oxygen atoms in total. The van der Waals surface area contributed by atoms with Gasteiger partial charge in [0, 0.05) is 6.42 Å². The average molecular weight is 643 g/mol. The molecule has 3 unspecified atom stereocenters. The van der Waals surface area contributed by atoms with Crippen LogP contribution in [0.3, 0.4) is 0 Å².